The topological polar surface area (TPSA) is 61.4 Å². The second-order valence-corrected chi connectivity index (χ2v) is 6.68. The Morgan fingerprint density at radius 1 is 0.966 bits per heavy atom. The lowest BCUT2D eigenvalue weighted by atomic mass is 10.1. The van der Waals surface area contributed by atoms with Gasteiger partial charge in [0.05, 0.1) is 24.8 Å². The van der Waals surface area contributed by atoms with Gasteiger partial charge in [0.15, 0.2) is 17.5 Å². The van der Waals surface area contributed by atoms with Crippen LogP contribution in [0, 0.1) is 17.5 Å². The lowest BCUT2D eigenvalue weighted by Crippen LogP contribution is -2.42. The zero-order valence-corrected chi connectivity index (χ0v) is 16.3. The molecule has 5 nitrogen and oxygen atoms in total. The SMILES string of the molecule is CCCN(CC(=O)Nc1ccc(F)c(F)c1F)CC(=O)NC(C)c1ccccc1. The minimum absolute atomic E-state index is 0.0291. The first-order valence-electron chi connectivity index (χ1n) is 9.31. The van der Waals surface area contributed by atoms with E-state index in [1.165, 1.54) is 0 Å². The molecule has 0 aromatic heterocycles. The van der Waals surface area contributed by atoms with E-state index in [1.807, 2.05) is 44.2 Å². The van der Waals surface area contributed by atoms with Crippen molar-refractivity contribution in [2.45, 2.75) is 26.3 Å². The van der Waals surface area contributed by atoms with Gasteiger partial charge in [0.25, 0.3) is 0 Å². The predicted molar refractivity (Wildman–Crippen MR) is 105 cm³/mol. The summed E-state index contributed by atoms with van der Waals surface area (Å²) < 4.78 is 40.0. The Balaban J connectivity index is 1.94. The highest BCUT2D eigenvalue weighted by Gasteiger charge is 2.19. The molecule has 0 fully saturated rings. The third kappa shape index (κ3) is 6.60. The lowest BCUT2D eigenvalue weighted by Gasteiger charge is -2.22. The van der Waals surface area contributed by atoms with Gasteiger partial charge in [0.1, 0.15) is 0 Å². The smallest absolute Gasteiger partial charge is 0.238 e. The monoisotopic (exact) mass is 407 g/mol. The molecule has 0 saturated heterocycles. The van der Waals surface area contributed by atoms with E-state index in [2.05, 4.69) is 10.6 Å². The first kappa shape index (κ1) is 22.4. The number of carbonyl (C=O) groups excluding carboxylic acids is 2. The molecule has 0 aliphatic rings. The molecule has 2 N–H and O–H groups in total. The van der Waals surface area contributed by atoms with Crippen molar-refractivity contribution in [1.29, 1.82) is 0 Å². The molecule has 1 unspecified atom stereocenters. The molecule has 2 aromatic rings. The van der Waals surface area contributed by atoms with Gasteiger partial charge in [0.2, 0.25) is 11.8 Å². The third-order valence-corrected chi connectivity index (χ3v) is 4.26. The summed E-state index contributed by atoms with van der Waals surface area (Å²) in [6, 6.07) is 10.9. The highest BCUT2D eigenvalue weighted by molar-refractivity contribution is 5.92. The quantitative estimate of drug-likeness (QED) is 0.624. The summed E-state index contributed by atoms with van der Waals surface area (Å²) in [6.07, 6.45) is 0.689. The normalized spacial score (nSPS) is 11.9. The highest BCUT2D eigenvalue weighted by Crippen LogP contribution is 2.19. The third-order valence-electron chi connectivity index (χ3n) is 4.26. The number of nitrogens with zero attached hydrogens (tertiary/aromatic N) is 1. The van der Waals surface area contributed by atoms with Crippen LogP contribution < -0.4 is 10.6 Å². The van der Waals surface area contributed by atoms with E-state index in [-0.39, 0.29) is 25.0 Å². The fourth-order valence-electron chi connectivity index (χ4n) is 2.86. The minimum atomic E-state index is -1.65. The molecule has 29 heavy (non-hydrogen) atoms. The number of hydrogen-bond donors (Lipinski definition) is 2. The van der Waals surface area contributed by atoms with Crippen LogP contribution in [0.4, 0.5) is 18.9 Å². The van der Waals surface area contributed by atoms with E-state index in [1.54, 1.807) is 4.90 Å². The largest absolute Gasteiger partial charge is 0.348 e. The number of amides is 2. The lowest BCUT2D eigenvalue weighted by molar-refractivity contribution is -0.124. The molecule has 2 aromatic carbocycles. The van der Waals surface area contributed by atoms with Gasteiger partial charge in [-0.3, -0.25) is 14.5 Å². The average molecular weight is 407 g/mol. The molecule has 0 aliphatic heterocycles. The van der Waals surface area contributed by atoms with Gasteiger partial charge in [-0.1, -0.05) is 37.3 Å². The molecule has 0 spiro atoms. The summed E-state index contributed by atoms with van der Waals surface area (Å²) >= 11 is 0. The van der Waals surface area contributed by atoms with E-state index in [9.17, 15) is 22.8 Å². The Bertz CT molecular complexity index is 847. The number of carbonyl (C=O) groups is 2. The molecule has 2 amide bonds. The van der Waals surface area contributed by atoms with Crippen molar-refractivity contribution in [3.63, 3.8) is 0 Å². The van der Waals surface area contributed by atoms with Crippen molar-refractivity contribution in [2.24, 2.45) is 0 Å². The van der Waals surface area contributed by atoms with Crippen LogP contribution in [-0.2, 0) is 9.59 Å². The van der Waals surface area contributed by atoms with Crippen LogP contribution in [0.25, 0.3) is 0 Å². The first-order chi connectivity index (χ1) is 13.8. The molecule has 1 atom stereocenters. The van der Waals surface area contributed by atoms with Crippen molar-refractivity contribution >= 4 is 17.5 Å². The number of halogens is 3. The first-order valence-corrected chi connectivity index (χ1v) is 9.31. The van der Waals surface area contributed by atoms with Crippen molar-refractivity contribution in [3.05, 3.63) is 65.5 Å². The van der Waals surface area contributed by atoms with Gasteiger partial charge in [-0.25, -0.2) is 13.2 Å². The van der Waals surface area contributed by atoms with E-state index in [0.717, 1.165) is 17.7 Å². The van der Waals surface area contributed by atoms with Gasteiger partial charge in [-0.05, 0) is 37.6 Å². The fraction of sp³-hybridized carbons (Fsp3) is 0.333. The second kappa shape index (κ2) is 10.6. The van der Waals surface area contributed by atoms with E-state index >= 15 is 0 Å². The standard InChI is InChI=1S/C21H24F3N3O2/c1-3-11-27(12-18(28)25-14(2)15-7-5-4-6-8-15)13-19(29)26-17-10-9-16(22)20(23)21(17)24/h4-10,14H,3,11-13H2,1-2H3,(H,25,28)(H,26,29). The number of rotatable bonds is 9. The van der Waals surface area contributed by atoms with Gasteiger partial charge in [-0.15, -0.1) is 0 Å². The molecular weight excluding hydrogens is 383 g/mol. The van der Waals surface area contributed by atoms with E-state index in [0.29, 0.717) is 13.0 Å². The molecule has 156 valence electrons. The number of hydrogen-bond acceptors (Lipinski definition) is 3. The van der Waals surface area contributed by atoms with Crippen molar-refractivity contribution < 1.29 is 22.8 Å². The maximum Gasteiger partial charge on any atom is 0.238 e. The summed E-state index contributed by atoms with van der Waals surface area (Å²) in [5.41, 5.74) is 0.502. The van der Waals surface area contributed by atoms with Crippen LogP contribution in [0.2, 0.25) is 0 Å². The summed E-state index contributed by atoms with van der Waals surface area (Å²) in [5.74, 6) is -5.34. The van der Waals surface area contributed by atoms with Crippen LogP contribution in [0.3, 0.4) is 0 Å². The molecule has 0 heterocycles. The maximum absolute atomic E-state index is 13.7. The van der Waals surface area contributed by atoms with Gasteiger partial charge < -0.3 is 10.6 Å². The van der Waals surface area contributed by atoms with Crippen molar-refractivity contribution in [3.8, 4) is 0 Å². The number of anilines is 1. The zero-order chi connectivity index (χ0) is 21.4. The predicted octanol–water partition coefficient (Wildman–Crippen LogP) is 3.63. The summed E-state index contributed by atoms with van der Waals surface area (Å²) in [7, 11) is 0. The van der Waals surface area contributed by atoms with Crippen molar-refractivity contribution in [2.75, 3.05) is 25.0 Å². The Hall–Kier alpha value is -2.87. The Labute approximate surface area is 167 Å². The Morgan fingerprint density at radius 3 is 2.28 bits per heavy atom. The Morgan fingerprint density at radius 2 is 1.62 bits per heavy atom. The summed E-state index contributed by atoms with van der Waals surface area (Å²) in [4.78, 5) is 26.2. The van der Waals surface area contributed by atoms with Crippen LogP contribution in [0.15, 0.2) is 42.5 Å². The molecule has 0 aliphatic carbocycles. The Kier molecular flexibility index (Phi) is 8.21. The van der Waals surface area contributed by atoms with E-state index in [4.69, 9.17) is 0 Å². The van der Waals surface area contributed by atoms with Gasteiger partial charge in [0, 0.05) is 0 Å². The maximum atomic E-state index is 13.7. The summed E-state index contributed by atoms with van der Waals surface area (Å²) in [6.45, 7) is 3.99. The highest BCUT2D eigenvalue weighted by atomic mass is 19.2. The second-order valence-electron chi connectivity index (χ2n) is 6.68. The van der Waals surface area contributed by atoms with Gasteiger partial charge >= 0.3 is 0 Å². The average Bonchev–Trinajstić information content (AvgIpc) is 2.69. The number of nitrogens with one attached hydrogen (secondary N) is 2. The van der Waals surface area contributed by atoms with Gasteiger partial charge in [-0.2, -0.15) is 0 Å². The molecular formula is C21H24F3N3O2. The fourth-order valence-corrected chi connectivity index (χ4v) is 2.86. The van der Waals surface area contributed by atoms with Crippen LogP contribution in [0.5, 0.6) is 0 Å². The molecule has 0 bridgehead atoms. The van der Waals surface area contributed by atoms with Crippen LogP contribution in [-0.4, -0.2) is 36.3 Å². The molecule has 0 radical (unpaired) electrons. The van der Waals surface area contributed by atoms with Crippen LogP contribution >= 0.6 is 0 Å². The number of benzene rings is 2. The van der Waals surface area contributed by atoms with E-state index < -0.39 is 29.0 Å². The molecule has 8 heteroatoms. The molecule has 2 rings (SSSR count). The zero-order valence-electron chi connectivity index (χ0n) is 16.3. The minimum Gasteiger partial charge on any atom is -0.348 e. The van der Waals surface area contributed by atoms with Crippen LogP contribution in [0.1, 0.15) is 31.9 Å². The molecule has 0 saturated carbocycles. The summed E-state index contributed by atoms with van der Waals surface area (Å²) in [5, 5.41) is 5.08. The van der Waals surface area contributed by atoms with Crippen molar-refractivity contribution in [1.82, 2.24) is 10.2 Å².